The number of rotatable bonds is 4. The molecule has 1 fully saturated rings. The van der Waals surface area contributed by atoms with Gasteiger partial charge in [0.15, 0.2) is 14.6 Å². The molecule has 1 aromatic rings. The number of sulfone groups is 1. The molecule has 0 unspecified atom stereocenters. The second kappa shape index (κ2) is 5.48. The van der Waals surface area contributed by atoms with Crippen LogP contribution in [0.2, 0.25) is 0 Å². The number of hydrogen-bond donors (Lipinski definition) is 2. The zero-order valence-electron chi connectivity index (χ0n) is 11.6. The van der Waals surface area contributed by atoms with Crippen LogP contribution in [0.5, 0.6) is 0 Å². The number of amides is 1. The van der Waals surface area contributed by atoms with Gasteiger partial charge in [0.1, 0.15) is 0 Å². The molecule has 1 saturated carbocycles. The molecule has 114 valence electrons. The Labute approximate surface area is 123 Å². The van der Waals surface area contributed by atoms with Gasteiger partial charge in [-0.25, -0.2) is 13.2 Å². The van der Waals surface area contributed by atoms with Crippen molar-refractivity contribution >= 4 is 27.4 Å². The van der Waals surface area contributed by atoms with Crippen LogP contribution in [0, 0.1) is 0 Å². The van der Waals surface area contributed by atoms with Crippen molar-refractivity contribution in [3.8, 4) is 0 Å². The highest BCUT2D eigenvalue weighted by Gasteiger charge is 2.49. The van der Waals surface area contributed by atoms with Gasteiger partial charge in [0.2, 0.25) is 5.91 Å². The average molecular weight is 311 g/mol. The van der Waals surface area contributed by atoms with Gasteiger partial charge in [0, 0.05) is 11.9 Å². The lowest BCUT2D eigenvalue weighted by Crippen LogP contribution is -2.47. The minimum absolute atomic E-state index is 0.0348. The Bertz CT molecular complexity index is 674. The first-order valence-corrected chi connectivity index (χ1v) is 8.50. The Kier molecular flexibility index (Phi) is 4.04. The molecular weight excluding hydrogens is 294 g/mol. The van der Waals surface area contributed by atoms with Crippen LogP contribution < -0.4 is 5.32 Å². The lowest BCUT2D eigenvalue weighted by molar-refractivity contribution is -0.118. The molecule has 1 aliphatic carbocycles. The number of carbonyl (C=O) groups is 2. The molecule has 0 saturated heterocycles. The van der Waals surface area contributed by atoms with Gasteiger partial charge in [-0.05, 0) is 31.0 Å². The monoisotopic (exact) mass is 311 g/mol. The molecule has 7 heteroatoms. The van der Waals surface area contributed by atoms with Gasteiger partial charge >= 0.3 is 5.97 Å². The van der Waals surface area contributed by atoms with Gasteiger partial charge < -0.3 is 10.4 Å². The lowest BCUT2D eigenvalue weighted by Gasteiger charge is -2.25. The Morgan fingerprint density at radius 2 is 1.86 bits per heavy atom. The topological polar surface area (TPSA) is 101 Å². The molecule has 0 atom stereocenters. The molecule has 0 heterocycles. The first kappa shape index (κ1) is 15.5. The Balaban J connectivity index is 2.28. The highest BCUT2D eigenvalue weighted by Crippen LogP contribution is 2.37. The zero-order valence-corrected chi connectivity index (χ0v) is 12.4. The number of carboxylic acids is 1. The fourth-order valence-electron chi connectivity index (χ4n) is 2.69. The van der Waals surface area contributed by atoms with E-state index in [1.54, 1.807) is 0 Å². The van der Waals surface area contributed by atoms with E-state index in [0.717, 1.165) is 6.26 Å². The van der Waals surface area contributed by atoms with Crippen LogP contribution in [0.25, 0.3) is 0 Å². The fraction of sp³-hybridized carbons (Fsp3) is 0.429. The van der Waals surface area contributed by atoms with Crippen molar-refractivity contribution in [1.29, 1.82) is 0 Å². The van der Waals surface area contributed by atoms with Crippen molar-refractivity contribution in [3.63, 3.8) is 0 Å². The highest BCUT2D eigenvalue weighted by molar-refractivity contribution is 7.92. The van der Waals surface area contributed by atoms with Crippen molar-refractivity contribution in [3.05, 3.63) is 29.8 Å². The Morgan fingerprint density at radius 1 is 1.24 bits per heavy atom. The van der Waals surface area contributed by atoms with E-state index >= 15 is 0 Å². The summed E-state index contributed by atoms with van der Waals surface area (Å²) in [6.07, 6.45) is 3.06. The van der Waals surface area contributed by atoms with Crippen molar-refractivity contribution in [1.82, 2.24) is 0 Å². The summed E-state index contributed by atoms with van der Waals surface area (Å²) in [5.74, 6) is -1.69. The van der Waals surface area contributed by atoms with Crippen LogP contribution >= 0.6 is 0 Å². The average Bonchev–Trinajstić information content (AvgIpc) is 2.89. The van der Waals surface area contributed by atoms with E-state index in [9.17, 15) is 18.0 Å². The normalized spacial score (nSPS) is 17.4. The molecular formula is C14H17NO5S. The van der Waals surface area contributed by atoms with Crippen molar-refractivity contribution in [2.75, 3.05) is 11.6 Å². The standard InChI is InChI=1S/C14H17NO5S/c1-21(19,20)14(7-2-3-8-14)13(18)15-11-6-4-5-10(9-11)12(16)17/h4-6,9H,2-3,7-8H2,1H3,(H,15,18)(H,16,17). The minimum Gasteiger partial charge on any atom is -0.478 e. The molecule has 21 heavy (non-hydrogen) atoms. The number of carbonyl (C=O) groups excluding carboxylic acids is 1. The van der Waals surface area contributed by atoms with Crippen LogP contribution in [0.1, 0.15) is 36.0 Å². The molecule has 2 rings (SSSR count). The second-order valence-corrected chi connectivity index (χ2v) is 7.64. The third kappa shape index (κ3) is 2.92. The number of carboxylic acid groups (broad SMARTS) is 1. The van der Waals surface area contributed by atoms with E-state index < -0.39 is 26.5 Å². The van der Waals surface area contributed by atoms with E-state index in [2.05, 4.69) is 5.32 Å². The third-order valence-electron chi connectivity index (χ3n) is 3.90. The van der Waals surface area contributed by atoms with Crippen LogP contribution in [0.3, 0.4) is 0 Å². The summed E-state index contributed by atoms with van der Waals surface area (Å²) in [6, 6.07) is 5.75. The van der Waals surface area contributed by atoms with Gasteiger partial charge in [-0.15, -0.1) is 0 Å². The molecule has 0 bridgehead atoms. The summed E-state index contributed by atoms with van der Waals surface area (Å²) < 4.78 is 22.6. The number of hydrogen-bond acceptors (Lipinski definition) is 4. The molecule has 6 nitrogen and oxygen atoms in total. The van der Waals surface area contributed by atoms with Crippen LogP contribution in [0.15, 0.2) is 24.3 Å². The predicted molar refractivity (Wildman–Crippen MR) is 78.1 cm³/mol. The van der Waals surface area contributed by atoms with Crippen LogP contribution in [-0.4, -0.2) is 36.4 Å². The van der Waals surface area contributed by atoms with Crippen molar-refractivity contribution < 1.29 is 23.1 Å². The summed E-state index contributed by atoms with van der Waals surface area (Å²) in [7, 11) is -3.54. The molecule has 0 aromatic heterocycles. The highest BCUT2D eigenvalue weighted by atomic mass is 32.2. The summed E-state index contributed by atoms with van der Waals surface area (Å²) >= 11 is 0. The fourth-order valence-corrected chi connectivity index (χ4v) is 4.11. The Morgan fingerprint density at radius 3 is 2.38 bits per heavy atom. The second-order valence-electron chi connectivity index (χ2n) is 5.31. The number of aromatic carboxylic acids is 1. The molecule has 0 spiro atoms. The predicted octanol–water partition coefficient (Wildman–Crippen LogP) is 1.68. The minimum atomic E-state index is -3.54. The van der Waals surface area contributed by atoms with Crippen molar-refractivity contribution in [2.45, 2.75) is 30.4 Å². The summed E-state index contributed by atoms with van der Waals surface area (Å²) in [5, 5.41) is 11.5. The Hall–Kier alpha value is -1.89. The molecule has 1 aromatic carbocycles. The summed E-state index contributed by atoms with van der Waals surface area (Å²) in [6.45, 7) is 0. The number of nitrogens with one attached hydrogen (secondary N) is 1. The maximum Gasteiger partial charge on any atom is 0.335 e. The number of benzene rings is 1. The van der Waals surface area contributed by atoms with E-state index in [0.29, 0.717) is 25.7 Å². The molecule has 2 N–H and O–H groups in total. The van der Waals surface area contributed by atoms with E-state index in [1.165, 1.54) is 24.3 Å². The number of anilines is 1. The molecule has 0 radical (unpaired) electrons. The lowest BCUT2D eigenvalue weighted by atomic mass is 10.1. The van der Waals surface area contributed by atoms with Gasteiger partial charge in [-0.1, -0.05) is 18.9 Å². The zero-order chi connectivity index (χ0) is 15.7. The van der Waals surface area contributed by atoms with Gasteiger partial charge in [0.25, 0.3) is 0 Å². The third-order valence-corrected chi connectivity index (χ3v) is 5.92. The largest absolute Gasteiger partial charge is 0.478 e. The first-order chi connectivity index (χ1) is 9.76. The summed E-state index contributed by atoms with van der Waals surface area (Å²) in [5.41, 5.74) is 0.322. The van der Waals surface area contributed by atoms with Gasteiger partial charge in [-0.3, -0.25) is 4.79 Å². The molecule has 1 amide bonds. The van der Waals surface area contributed by atoms with E-state index in [1.807, 2.05) is 0 Å². The van der Waals surface area contributed by atoms with Crippen LogP contribution in [-0.2, 0) is 14.6 Å². The first-order valence-electron chi connectivity index (χ1n) is 6.61. The van der Waals surface area contributed by atoms with Crippen molar-refractivity contribution in [2.24, 2.45) is 0 Å². The van der Waals surface area contributed by atoms with Crippen LogP contribution in [0.4, 0.5) is 5.69 Å². The maximum absolute atomic E-state index is 12.4. The van der Waals surface area contributed by atoms with E-state index in [-0.39, 0.29) is 11.3 Å². The summed E-state index contributed by atoms with van der Waals surface area (Å²) in [4.78, 5) is 23.3. The molecule has 1 aliphatic rings. The van der Waals surface area contributed by atoms with Gasteiger partial charge in [0.05, 0.1) is 5.56 Å². The quantitative estimate of drug-likeness (QED) is 0.881. The van der Waals surface area contributed by atoms with Gasteiger partial charge in [-0.2, -0.15) is 0 Å². The SMILES string of the molecule is CS(=O)(=O)C1(C(=O)Nc2cccc(C(=O)O)c2)CCCC1. The maximum atomic E-state index is 12.4. The molecule has 0 aliphatic heterocycles. The van der Waals surface area contributed by atoms with E-state index in [4.69, 9.17) is 5.11 Å². The smallest absolute Gasteiger partial charge is 0.335 e.